The quantitative estimate of drug-likeness (QED) is 0.0300. The van der Waals surface area contributed by atoms with Gasteiger partial charge in [-0.15, -0.1) is 0 Å². The smallest absolute Gasteiger partial charge is 0.364 e. The average Bonchev–Trinajstić information content (AvgIpc) is 0.752. The van der Waals surface area contributed by atoms with Gasteiger partial charge >= 0.3 is 5.97 Å². The van der Waals surface area contributed by atoms with E-state index >= 15 is 0 Å². The maximum Gasteiger partial charge on any atom is 0.364 e. The number of rotatable bonds is 48. The molecule has 3 amide bonds. The lowest BCUT2D eigenvalue weighted by molar-refractivity contribution is -0.406. The number of hydrogen-bond donors (Lipinski definition) is 17. The van der Waals surface area contributed by atoms with Crippen LogP contribution in [0, 0.1) is 5.92 Å². The van der Waals surface area contributed by atoms with Crippen LogP contribution in [0.4, 0.5) is 0 Å². The molecule has 4 aliphatic rings. The van der Waals surface area contributed by atoms with E-state index in [2.05, 4.69) is 41.9 Å². The number of carbonyl (C=O) groups excluding carboxylic acids is 3. The van der Waals surface area contributed by atoms with Gasteiger partial charge in [-0.3, -0.25) is 14.4 Å². The fraction of sp³-hybridized carbons (Fsp3) is 0.881. The molecule has 17 N–H and O–H groups in total. The number of nitrogens with one attached hydrogen (secondary N) is 3. The van der Waals surface area contributed by atoms with Gasteiger partial charge < -0.3 is 125 Å². The topological polar surface area (TPSA) is 461 Å². The maximum absolute atomic E-state index is 13.6. The Bertz CT molecular complexity index is 2220. The summed E-state index contributed by atoms with van der Waals surface area (Å²) in [6.45, 7) is 1.74. The number of aliphatic hydroxyl groups excluding tert-OH is 13. The van der Waals surface area contributed by atoms with Crippen molar-refractivity contribution in [2.75, 3.05) is 33.0 Å². The Hall–Kier alpha value is -3.48. The van der Waals surface area contributed by atoms with Gasteiger partial charge in [0.1, 0.15) is 79.3 Å². The van der Waals surface area contributed by atoms with Crippen LogP contribution in [-0.2, 0) is 57.1 Å². The highest BCUT2D eigenvalue weighted by Crippen LogP contribution is 2.42. The number of carbonyl (C=O) groups is 4. The number of hydrogen-bond acceptors (Lipinski definition) is 25. The number of aliphatic carboxylic acids is 1. The van der Waals surface area contributed by atoms with Gasteiger partial charge in [0.2, 0.25) is 17.7 Å². The molecule has 23 atom stereocenters. The van der Waals surface area contributed by atoms with Gasteiger partial charge in [-0.1, -0.05) is 154 Å². The molecular weight excluding hydrogens is 1260 g/mol. The van der Waals surface area contributed by atoms with Crippen molar-refractivity contribution in [3.63, 3.8) is 0 Å². The highest BCUT2D eigenvalue weighted by Gasteiger charge is 2.61. The van der Waals surface area contributed by atoms with Crippen molar-refractivity contribution in [3.8, 4) is 0 Å². The Morgan fingerprint density at radius 3 is 1.54 bits per heavy atom. The predicted molar refractivity (Wildman–Crippen MR) is 345 cm³/mol. The number of allylic oxidation sites excluding steroid dienone is 3. The van der Waals surface area contributed by atoms with Crippen LogP contribution in [0.5, 0.6) is 0 Å². The summed E-state index contributed by atoms with van der Waals surface area (Å²) in [4.78, 5) is 51.9. The first kappa shape index (κ1) is 84.9. The maximum atomic E-state index is 13.6. The number of carboxylic acids is 1. The van der Waals surface area contributed by atoms with E-state index in [9.17, 15) is 90.7 Å². The average molecular weight is 1380 g/mol. The Kier molecular flexibility index (Phi) is 40.8. The molecule has 0 aromatic heterocycles. The van der Waals surface area contributed by atoms with Crippen molar-refractivity contribution >= 4 is 23.7 Å². The number of unbranched alkanes of at least 4 members (excludes halogenated alkanes) is 22. The molecule has 1 unspecified atom stereocenters. The fourth-order valence-electron chi connectivity index (χ4n) is 12.7. The third-order valence-corrected chi connectivity index (χ3v) is 18.2. The molecule has 4 heterocycles. The predicted octanol–water partition coefficient (Wildman–Crippen LogP) is 1.11. The second-order valence-electron chi connectivity index (χ2n) is 26.1. The standard InChI is InChI=1S/C67H119N3O26/c1-5-7-9-11-13-15-17-19-20-22-24-26-28-30-32-34-50(79)70-44(45(77)33-31-29-27-25-23-21-18-16-14-12-10-8-6-2)40-89-64-57(84)56(83)59(48(38-73)91-64)93-65-58(85)61(60(49(39-74)92-65)94-63-52(69-42(4)76)55(82)54(81)47(37-72)90-63)95-67(66(87)88)35-43(53(80)46(78)36-71)51(62(86)96-67)68-41(3)75/h19-20,31,33,43-49,51-65,71-74,77-78,80-86H,5-18,21-30,32,34-40H2,1-4H3,(H,68,75)(H,69,76)(H,70,79)(H,87,88)/t43?,44-,45+,46+,47+,48+,49+,51-,52+,53-,54-,55+,56+,57+,58+,59+,60-,61+,62-,63-,64+,65-,67-/m0/s1. The molecule has 0 saturated carbocycles. The van der Waals surface area contributed by atoms with Crippen molar-refractivity contribution in [1.82, 2.24) is 16.0 Å². The summed E-state index contributed by atoms with van der Waals surface area (Å²) in [6, 6.07) is -4.53. The van der Waals surface area contributed by atoms with Crippen LogP contribution in [0.15, 0.2) is 24.3 Å². The molecule has 4 fully saturated rings. The summed E-state index contributed by atoms with van der Waals surface area (Å²) in [5.41, 5.74) is 0. The minimum absolute atomic E-state index is 0.148. The van der Waals surface area contributed by atoms with Crippen molar-refractivity contribution in [2.45, 2.75) is 336 Å². The minimum atomic E-state index is -3.28. The molecule has 0 aliphatic carbocycles. The van der Waals surface area contributed by atoms with Gasteiger partial charge in [0.25, 0.3) is 5.79 Å². The zero-order chi connectivity index (χ0) is 70.7. The normalized spacial score (nSPS) is 32.4. The SMILES string of the molecule is CCCCCCCCC=CCCCCCCCC(=O)N[C@@H](CO[C@@H]1O[C@H](CO)[C@@H](O[C@@H]2O[C@H](CO)[C@H](O[C@@H]3O[C@H](CO)[C@H](O)[C@H](O)[C@H]3NC(C)=O)[C@H](O[C@@]3(C(=O)O)CC([C@H](O)[C@H](O)CO)[C@H](NC(C)=O)[C@@H](O)O3)[C@H]2O)[C@H](O)[C@H]1O)[C@H](O)C=CCCCCCCCCCCCCC. The van der Waals surface area contributed by atoms with Crippen molar-refractivity contribution in [3.05, 3.63) is 24.3 Å². The van der Waals surface area contributed by atoms with Gasteiger partial charge in [-0.2, -0.15) is 0 Å². The summed E-state index contributed by atoms with van der Waals surface area (Å²) < 4.78 is 47.6. The third kappa shape index (κ3) is 27.5. The lowest BCUT2D eigenvalue weighted by Gasteiger charge is -2.52. The van der Waals surface area contributed by atoms with Gasteiger partial charge in [-0.05, 0) is 44.9 Å². The van der Waals surface area contributed by atoms with Crippen LogP contribution in [0.1, 0.15) is 201 Å². The monoisotopic (exact) mass is 1380 g/mol. The number of ether oxygens (including phenoxy) is 8. The number of aliphatic hydroxyl groups is 13. The highest BCUT2D eigenvalue weighted by molar-refractivity contribution is 5.77. The summed E-state index contributed by atoms with van der Waals surface area (Å²) in [5, 5.41) is 163. The van der Waals surface area contributed by atoms with E-state index in [0.29, 0.717) is 12.8 Å². The van der Waals surface area contributed by atoms with Crippen LogP contribution in [0.3, 0.4) is 0 Å². The first-order valence-electron chi connectivity index (χ1n) is 35.2. The Morgan fingerprint density at radius 2 is 1.02 bits per heavy atom. The molecule has 0 bridgehead atoms. The molecule has 0 spiro atoms. The molecule has 29 nitrogen and oxygen atoms in total. The van der Waals surface area contributed by atoms with Gasteiger partial charge in [-0.25, -0.2) is 4.79 Å². The second-order valence-corrected chi connectivity index (χ2v) is 26.1. The molecule has 4 aliphatic heterocycles. The van der Waals surface area contributed by atoms with E-state index in [1.54, 1.807) is 6.08 Å². The molecular formula is C67H119N3O26. The summed E-state index contributed by atoms with van der Waals surface area (Å²) >= 11 is 0. The minimum Gasteiger partial charge on any atom is -0.477 e. The Balaban J connectivity index is 1.55. The number of carboxylic acid groups (broad SMARTS) is 1. The van der Waals surface area contributed by atoms with Crippen LogP contribution >= 0.6 is 0 Å². The first-order valence-corrected chi connectivity index (χ1v) is 35.2. The van der Waals surface area contributed by atoms with E-state index in [1.165, 1.54) is 83.5 Å². The third-order valence-electron chi connectivity index (χ3n) is 18.2. The van der Waals surface area contributed by atoms with Crippen LogP contribution < -0.4 is 16.0 Å². The molecule has 96 heavy (non-hydrogen) atoms. The molecule has 29 heteroatoms. The lowest BCUT2D eigenvalue weighted by Crippen LogP contribution is -2.71. The van der Waals surface area contributed by atoms with Crippen LogP contribution in [0.25, 0.3) is 0 Å². The van der Waals surface area contributed by atoms with E-state index in [0.717, 1.165) is 78.1 Å². The van der Waals surface area contributed by atoms with E-state index in [1.807, 2.05) is 6.08 Å². The van der Waals surface area contributed by atoms with Crippen molar-refractivity contribution in [1.29, 1.82) is 0 Å². The molecule has 0 aromatic carbocycles. The Labute approximate surface area is 565 Å². The molecule has 0 aromatic rings. The summed E-state index contributed by atoms with van der Waals surface area (Å²) in [7, 11) is 0. The molecule has 4 rings (SSSR count). The molecule has 558 valence electrons. The molecule has 4 saturated heterocycles. The largest absolute Gasteiger partial charge is 0.477 e. The van der Waals surface area contributed by atoms with Crippen LogP contribution in [-0.4, -0.2) is 263 Å². The van der Waals surface area contributed by atoms with Crippen molar-refractivity contribution < 1.29 is 129 Å². The molecule has 0 radical (unpaired) electrons. The lowest BCUT2D eigenvalue weighted by atomic mass is 9.81. The number of amides is 3. The van der Waals surface area contributed by atoms with E-state index < -0.39 is 198 Å². The Morgan fingerprint density at radius 1 is 0.542 bits per heavy atom. The van der Waals surface area contributed by atoms with Crippen LogP contribution in [0.2, 0.25) is 0 Å². The highest BCUT2D eigenvalue weighted by atomic mass is 16.8. The summed E-state index contributed by atoms with van der Waals surface area (Å²) in [5.74, 6) is -9.14. The van der Waals surface area contributed by atoms with Gasteiger partial charge in [0.05, 0.1) is 57.3 Å². The first-order chi connectivity index (χ1) is 46.0. The van der Waals surface area contributed by atoms with E-state index in [4.69, 9.17) is 37.9 Å². The fourth-order valence-corrected chi connectivity index (χ4v) is 12.7. The summed E-state index contributed by atoms with van der Waals surface area (Å²) in [6.07, 6.45) is -1.51. The zero-order valence-electron chi connectivity index (χ0n) is 56.8. The van der Waals surface area contributed by atoms with Crippen molar-refractivity contribution in [2.24, 2.45) is 5.92 Å². The second kappa shape index (κ2) is 46.1. The van der Waals surface area contributed by atoms with Gasteiger partial charge in [0, 0.05) is 32.6 Å². The van der Waals surface area contributed by atoms with Gasteiger partial charge in [0.15, 0.2) is 25.2 Å². The van der Waals surface area contributed by atoms with E-state index in [-0.39, 0.29) is 12.3 Å². The zero-order valence-corrected chi connectivity index (χ0v) is 56.8.